The van der Waals surface area contributed by atoms with Crippen molar-refractivity contribution in [3.05, 3.63) is 60.7 Å². The molecule has 5 heteroatoms. The SMILES string of the molecule is CCC(=O)Nc1cc(-c2ccncc2)c(-c2ccc(F)cc2)s1. The Bertz CT molecular complexity index is 813. The van der Waals surface area contributed by atoms with Crippen LogP contribution in [-0.2, 0) is 4.79 Å². The Labute approximate surface area is 137 Å². The highest BCUT2D eigenvalue weighted by molar-refractivity contribution is 7.20. The van der Waals surface area contributed by atoms with Crippen LogP contribution in [0.1, 0.15) is 13.3 Å². The van der Waals surface area contributed by atoms with Crippen LogP contribution in [0.4, 0.5) is 9.39 Å². The molecule has 23 heavy (non-hydrogen) atoms. The Morgan fingerprint density at radius 3 is 2.48 bits per heavy atom. The highest BCUT2D eigenvalue weighted by Crippen LogP contribution is 2.41. The van der Waals surface area contributed by atoms with Gasteiger partial charge in [-0.1, -0.05) is 19.1 Å². The molecule has 0 fully saturated rings. The van der Waals surface area contributed by atoms with Gasteiger partial charge in [-0.2, -0.15) is 0 Å². The molecule has 3 nitrogen and oxygen atoms in total. The summed E-state index contributed by atoms with van der Waals surface area (Å²) in [5, 5.41) is 3.67. The number of pyridine rings is 1. The number of halogens is 1. The first-order chi connectivity index (χ1) is 11.2. The molecule has 0 aliphatic carbocycles. The second-order valence-electron chi connectivity index (χ2n) is 5.00. The Morgan fingerprint density at radius 1 is 1.13 bits per heavy atom. The molecular weight excluding hydrogens is 311 g/mol. The number of rotatable bonds is 4. The van der Waals surface area contributed by atoms with Gasteiger partial charge in [0.2, 0.25) is 5.91 Å². The van der Waals surface area contributed by atoms with Gasteiger partial charge in [-0.25, -0.2) is 4.39 Å². The van der Waals surface area contributed by atoms with Crippen molar-refractivity contribution >= 4 is 22.2 Å². The van der Waals surface area contributed by atoms with Crippen LogP contribution in [0, 0.1) is 5.82 Å². The lowest BCUT2D eigenvalue weighted by Gasteiger charge is -2.03. The van der Waals surface area contributed by atoms with Gasteiger partial charge in [-0.05, 0) is 41.5 Å². The predicted octanol–water partition coefficient (Wildman–Crippen LogP) is 4.96. The van der Waals surface area contributed by atoms with Crippen molar-refractivity contribution in [2.45, 2.75) is 13.3 Å². The molecule has 3 aromatic rings. The maximum Gasteiger partial charge on any atom is 0.224 e. The van der Waals surface area contributed by atoms with Crippen LogP contribution in [0.15, 0.2) is 54.9 Å². The molecule has 0 aliphatic rings. The highest BCUT2D eigenvalue weighted by Gasteiger charge is 2.14. The van der Waals surface area contributed by atoms with Crippen molar-refractivity contribution in [3.63, 3.8) is 0 Å². The van der Waals surface area contributed by atoms with Crippen LogP contribution in [0.25, 0.3) is 21.6 Å². The maximum absolute atomic E-state index is 13.2. The number of hydrogen-bond acceptors (Lipinski definition) is 3. The van der Waals surface area contributed by atoms with Gasteiger partial charge in [0.1, 0.15) is 5.82 Å². The van der Waals surface area contributed by atoms with Crippen molar-refractivity contribution < 1.29 is 9.18 Å². The normalized spacial score (nSPS) is 10.5. The van der Waals surface area contributed by atoms with Gasteiger partial charge in [0.05, 0.1) is 5.00 Å². The van der Waals surface area contributed by atoms with E-state index >= 15 is 0 Å². The lowest BCUT2D eigenvalue weighted by atomic mass is 10.0. The van der Waals surface area contributed by atoms with E-state index in [1.54, 1.807) is 24.5 Å². The molecule has 0 spiro atoms. The molecule has 0 radical (unpaired) electrons. The van der Waals surface area contributed by atoms with E-state index in [2.05, 4.69) is 10.3 Å². The van der Waals surface area contributed by atoms with Crippen molar-refractivity contribution in [1.29, 1.82) is 0 Å². The molecule has 0 saturated heterocycles. The fourth-order valence-electron chi connectivity index (χ4n) is 2.24. The van der Waals surface area contributed by atoms with Gasteiger partial charge >= 0.3 is 0 Å². The summed E-state index contributed by atoms with van der Waals surface area (Å²) < 4.78 is 13.2. The topological polar surface area (TPSA) is 42.0 Å². The third-order valence-electron chi connectivity index (χ3n) is 3.41. The van der Waals surface area contributed by atoms with E-state index < -0.39 is 0 Å². The van der Waals surface area contributed by atoms with Crippen LogP contribution in [0.3, 0.4) is 0 Å². The summed E-state index contributed by atoms with van der Waals surface area (Å²) in [5.74, 6) is -0.298. The first kappa shape index (κ1) is 15.4. The number of benzene rings is 1. The minimum atomic E-state index is -0.268. The molecule has 3 rings (SSSR count). The largest absolute Gasteiger partial charge is 0.318 e. The second kappa shape index (κ2) is 6.71. The number of hydrogen-bond donors (Lipinski definition) is 1. The first-order valence-electron chi connectivity index (χ1n) is 7.27. The zero-order valence-electron chi connectivity index (χ0n) is 12.5. The van der Waals surface area contributed by atoms with Gasteiger partial charge in [-0.3, -0.25) is 9.78 Å². The summed E-state index contributed by atoms with van der Waals surface area (Å²) in [5.41, 5.74) is 2.92. The summed E-state index contributed by atoms with van der Waals surface area (Å²) in [4.78, 5) is 16.7. The summed E-state index contributed by atoms with van der Waals surface area (Å²) >= 11 is 1.48. The van der Waals surface area contributed by atoms with E-state index in [-0.39, 0.29) is 11.7 Å². The minimum Gasteiger partial charge on any atom is -0.318 e. The predicted molar refractivity (Wildman–Crippen MR) is 91.9 cm³/mol. The van der Waals surface area contributed by atoms with E-state index in [1.807, 2.05) is 25.1 Å². The molecule has 0 unspecified atom stereocenters. The Hall–Kier alpha value is -2.53. The summed E-state index contributed by atoms with van der Waals surface area (Å²) in [6, 6.07) is 12.2. The zero-order chi connectivity index (χ0) is 16.2. The van der Waals surface area contributed by atoms with Crippen molar-refractivity contribution in [1.82, 2.24) is 4.98 Å². The van der Waals surface area contributed by atoms with E-state index in [0.29, 0.717) is 6.42 Å². The molecule has 0 bridgehead atoms. The minimum absolute atomic E-state index is 0.0295. The smallest absolute Gasteiger partial charge is 0.224 e. The van der Waals surface area contributed by atoms with E-state index in [1.165, 1.54) is 23.5 Å². The Balaban J connectivity index is 2.08. The second-order valence-corrected chi connectivity index (χ2v) is 6.05. The number of nitrogens with one attached hydrogen (secondary N) is 1. The number of thiophene rings is 1. The van der Waals surface area contributed by atoms with Crippen LogP contribution in [0.5, 0.6) is 0 Å². The van der Waals surface area contributed by atoms with Crippen molar-refractivity contribution in [2.75, 3.05) is 5.32 Å². The van der Waals surface area contributed by atoms with Crippen LogP contribution >= 0.6 is 11.3 Å². The fraction of sp³-hybridized carbons (Fsp3) is 0.111. The summed E-state index contributed by atoms with van der Waals surface area (Å²) in [6.07, 6.45) is 3.88. The van der Waals surface area contributed by atoms with Gasteiger partial charge in [0.25, 0.3) is 0 Å². The third kappa shape index (κ3) is 3.46. The monoisotopic (exact) mass is 326 g/mol. The molecular formula is C18H15FN2OS. The van der Waals surface area contributed by atoms with Crippen molar-refractivity contribution in [2.24, 2.45) is 0 Å². The molecule has 116 valence electrons. The average Bonchev–Trinajstić information content (AvgIpc) is 3.00. The molecule has 1 aromatic carbocycles. The third-order valence-corrected chi connectivity index (χ3v) is 4.51. The van der Waals surface area contributed by atoms with E-state index in [0.717, 1.165) is 26.6 Å². The molecule has 0 aliphatic heterocycles. The number of amides is 1. The van der Waals surface area contributed by atoms with E-state index in [9.17, 15) is 9.18 Å². The zero-order valence-corrected chi connectivity index (χ0v) is 13.4. The number of carbonyl (C=O) groups excluding carboxylic acids is 1. The number of nitrogens with zero attached hydrogens (tertiary/aromatic N) is 1. The maximum atomic E-state index is 13.2. The fourth-order valence-corrected chi connectivity index (χ4v) is 3.34. The highest BCUT2D eigenvalue weighted by atomic mass is 32.1. The van der Waals surface area contributed by atoms with Crippen molar-refractivity contribution in [3.8, 4) is 21.6 Å². The quantitative estimate of drug-likeness (QED) is 0.736. The molecule has 2 heterocycles. The number of carbonyl (C=O) groups is 1. The summed E-state index contributed by atoms with van der Waals surface area (Å²) in [6.45, 7) is 1.81. The standard InChI is InChI=1S/C18H15FN2OS/c1-2-16(22)21-17-11-15(12-7-9-20-10-8-12)18(23-17)13-3-5-14(19)6-4-13/h3-11H,2H2,1H3,(H,21,22). The molecule has 1 N–H and O–H groups in total. The number of aromatic nitrogens is 1. The van der Waals surface area contributed by atoms with Gasteiger partial charge < -0.3 is 5.32 Å². The van der Waals surface area contributed by atoms with Gasteiger partial charge in [0, 0.05) is 29.3 Å². The van der Waals surface area contributed by atoms with Gasteiger partial charge in [-0.15, -0.1) is 11.3 Å². The Kier molecular flexibility index (Phi) is 4.48. The average molecular weight is 326 g/mol. The lowest BCUT2D eigenvalue weighted by Crippen LogP contribution is -2.07. The summed E-state index contributed by atoms with van der Waals surface area (Å²) in [7, 11) is 0. The van der Waals surface area contributed by atoms with Crippen LogP contribution < -0.4 is 5.32 Å². The van der Waals surface area contributed by atoms with Crippen LogP contribution in [-0.4, -0.2) is 10.9 Å². The molecule has 2 aromatic heterocycles. The van der Waals surface area contributed by atoms with Crippen LogP contribution in [0.2, 0.25) is 0 Å². The molecule has 1 amide bonds. The molecule has 0 atom stereocenters. The van der Waals surface area contributed by atoms with Gasteiger partial charge in [0.15, 0.2) is 0 Å². The van der Waals surface area contributed by atoms with E-state index in [4.69, 9.17) is 0 Å². The molecule has 0 saturated carbocycles. The Morgan fingerprint density at radius 2 is 1.83 bits per heavy atom. The first-order valence-corrected chi connectivity index (χ1v) is 8.09. The lowest BCUT2D eigenvalue weighted by molar-refractivity contribution is -0.115. The number of anilines is 1.